The van der Waals surface area contributed by atoms with E-state index in [2.05, 4.69) is 29.6 Å². The topological polar surface area (TPSA) is 32.3 Å². The average molecular weight is 284 g/mol. The molecule has 0 radical (unpaired) electrons. The van der Waals surface area contributed by atoms with Gasteiger partial charge in [-0.3, -0.25) is 4.79 Å². The van der Waals surface area contributed by atoms with Crippen molar-refractivity contribution in [2.75, 3.05) is 20.1 Å². The van der Waals surface area contributed by atoms with Crippen LogP contribution in [0.1, 0.15) is 36.3 Å². The maximum Gasteiger partial charge on any atom is 0.226 e. The third-order valence-corrected chi connectivity index (χ3v) is 5.78. The number of hydrogen-bond acceptors (Lipinski definition) is 2. The minimum Gasteiger partial charge on any atom is -0.341 e. The van der Waals surface area contributed by atoms with E-state index in [1.54, 1.807) is 0 Å². The summed E-state index contributed by atoms with van der Waals surface area (Å²) in [6.07, 6.45) is 4.67. The summed E-state index contributed by atoms with van der Waals surface area (Å²) in [7, 11) is 2.01. The summed E-state index contributed by atoms with van der Waals surface area (Å²) < 4.78 is 0. The standard InChI is InChI=1S/C18H24N2O/c1-20(13-6-4-10-19-11-13)18(21)17-15-9-8-12-5-2-3-7-14(12)16(15)17/h2-3,5,7,13,15-17,19H,4,6,8-11H2,1H3. The lowest BCUT2D eigenvalue weighted by atomic mass is 9.92. The Hall–Kier alpha value is -1.35. The molecular formula is C18H24N2O. The lowest BCUT2D eigenvalue weighted by Crippen LogP contribution is -2.47. The fourth-order valence-electron chi connectivity index (χ4n) is 4.48. The molecule has 0 bridgehead atoms. The molecule has 1 aromatic rings. The fourth-order valence-corrected chi connectivity index (χ4v) is 4.48. The van der Waals surface area contributed by atoms with E-state index in [4.69, 9.17) is 0 Å². The minimum atomic E-state index is 0.251. The van der Waals surface area contributed by atoms with Gasteiger partial charge in [-0.1, -0.05) is 24.3 Å². The van der Waals surface area contributed by atoms with Gasteiger partial charge in [0.05, 0.1) is 0 Å². The summed E-state index contributed by atoms with van der Waals surface area (Å²) in [5.41, 5.74) is 2.92. The molecule has 0 spiro atoms. The van der Waals surface area contributed by atoms with Crippen LogP contribution >= 0.6 is 0 Å². The van der Waals surface area contributed by atoms with Crippen molar-refractivity contribution in [1.82, 2.24) is 10.2 Å². The van der Waals surface area contributed by atoms with E-state index in [-0.39, 0.29) is 5.92 Å². The van der Waals surface area contributed by atoms with Gasteiger partial charge in [-0.25, -0.2) is 0 Å². The van der Waals surface area contributed by atoms with Crippen molar-refractivity contribution in [3.8, 4) is 0 Å². The highest BCUT2D eigenvalue weighted by molar-refractivity contribution is 5.84. The van der Waals surface area contributed by atoms with Gasteiger partial charge < -0.3 is 10.2 Å². The number of carbonyl (C=O) groups is 1. The van der Waals surface area contributed by atoms with Gasteiger partial charge in [0.15, 0.2) is 0 Å². The van der Waals surface area contributed by atoms with Crippen molar-refractivity contribution < 1.29 is 4.79 Å². The maximum atomic E-state index is 12.9. The monoisotopic (exact) mass is 284 g/mol. The predicted octanol–water partition coefficient (Wildman–Crippen LogP) is 2.17. The summed E-state index contributed by atoms with van der Waals surface area (Å²) >= 11 is 0. The third kappa shape index (κ3) is 2.18. The highest BCUT2D eigenvalue weighted by atomic mass is 16.2. The number of amides is 1. The van der Waals surface area contributed by atoms with Crippen molar-refractivity contribution in [2.45, 2.75) is 37.6 Å². The second kappa shape index (κ2) is 5.13. The molecule has 3 nitrogen and oxygen atoms in total. The Morgan fingerprint density at radius 2 is 2.14 bits per heavy atom. The van der Waals surface area contributed by atoms with Crippen molar-refractivity contribution in [1.29, 1.82) is 0 Å². The van der Waals surface area contributed by atoms with Crippen molar-refractivity contribution in [3.05, 3.63) is 35.4 Å². The highest BCUT2D eigenvalue weighted by Crippen LogP contribution is 2.60. The van der Waals surface area contributed by atoms with Crippen LogP contribution in [0.4, 0.5) is 0 Å². The van der Waals surface area contributed by atoms with Gasteiger partial charge in [-0.05, 0) is 55.2 Å². The molecule has 1 saturated heterocycles. The van der Waals surface area contributed by atoms with E-state index in [1.807, 2.05) is 11.9 Å². The molecule has 1 N–H and O–H groups in total. The van der Waals surface area contributed by atoms with Gasteiger partial charge in [-0.15, -0.1) is 0 Å². The molecular weight excluding hydrogens is 260 g/mol. The number of nitrogens with zero attached hydrogens (tertiary/aromatic N) is 1. The molecule has 1 aromatic carbocycles. The molecule has 1 saturated carbocycles. The fraction of sp³-hybridized carbons (Fsp3) is 0.611. The SMILES string of the molecule is CN(C(=O)C1C2CCc3ccccc3C21)C1CCCNC1. The molecule has 1 heterocycles. The van der Waals surface area contributed by atoms with Gasteiger partial charge in [0.2, 0.25) is 5.91 Å². The second-order valence-electron chi connectivity index (χ2n) is 6.90. The van der Waals surface area contributed by atoms with E-state index in [9.17, 15) is 4.79 Å². The first-order chi connectivity index (χ1) is 10.3. The van der Waals surface area contributed by atoms with Crippen LogP contribution in [0, 0.1) is 11.8 Å². The van der Waals surface area contributed by atoms with Gasteiger partial charge in [0.1, 0.15) is 0 Å². The Kier molecular flexibility index (Phi) is 3.26. The van der Waals surface area contributed by atoms with Crippen molar-refractivity contribution in [2.24, 2.45) is 11.8 Å². The zero-order valence-corrected chi connectivity index (χ0v) is 12.7. The van der Waals surface area contributed by atoms with E-state index in [0.717, 1.165) is 25.9 Å². The Morgan fingerprint density at radius 1 is 1.29 bits per heavy atom. The number of likely N-dealkylation sites (N-methyl/N-ethyl adjacent to an activating group) is 1. The molecule has 4 rings (SSSR count). The van der Waals surface area contributed by atoms with Crippen LogP contribution < -0.4 is 5.32 Å². The number of rotatable bonds is 2. The average Bonchev–Trinajstić information content (AvgIpc) is 3.29. The van der Waals surface area contributed by atoms with Crippen LogP contribution in [-0.4, -0.2) is 37.0 Å². The molecule has 4 unspecified atom stereocenters. The number of hydrogen-bond donors (Lipinski definition) is 1. The minimum absolute atomic E-state index is 0.251. The molecule has 1 aliphatic heterocycles. The van der Waals surface area contributed by atoms with Crippen LogP contribution in [0.5, 0.6) is 0 Å². The van der Waals surface area contributed by atoms with Crippen LogP contribution in [0.15, 0.2) is 24.3 Å². The molecule has 2 fully saturated rings. The van der Waals surface area contributed by atoms with E-state index < -0.39 is 0 Å². The highest BCUT2D eigenvalue weighted by Gasteiger charge is 2.57. The first kappa shape index (κ1) is 13.3. The predicted molar refractivity (Wildman–Crippen MR) is 83.1 cm³/mol. The van der Waals surface area contributed by atoms with Crippen molar-refractivity contribution in [3.63, 3.8) is 0 Å². The quantitative estimate of drug-likeness (QED) is 0.903. The Labute approximate surface area is 126 Å². The molecule has 4 atom stereocenters. The van der Waals surface area contributed by atoms with E-state index in [1.165, 1.54) is 24.0 Å². The zero-order valence-electron chi connectivity index (χ0n) is 12.7. The van der Waals surface area contributed by atoms with E-state index in [0.29, 0.717) is 23.8 Å². The number of fused-ring (bicyclic) bond motifs is 3. The maximum absolute atomic E-state index is 12.9. The van der Waals surface area contributed by atoms with Gasteiger partial charge in [0, 0.05) is 25.6 Å². The number of carbonyl (C=O) groups excluding carboxylic acids is 1. The molecule has 112 valence electrons. The smallest absolute Gasteiger partial charge is 0.226 e. The summed E-state index contributed by atoms with van der Waals surface area (Å²) in [6, 6.07) is 9.11. The van der Waals surface area contributed by atoms with Crippen LogP contribution in [0.3, 0.4) is 0 Å². The number of benzene rings is 1. The summed E-state index contributed by atoms with van der Waals surface area (Å²) in [5, 5.41) is 3.41. The summed E-state index contributed by atoms with van der Waals surface area (Å²) in [4.78, 5) is 14.9. The molecule has 0 aromatic heterocycles. The van der Waals surface area contributed by atoms with Gasteiger partial charge >= 0.3 is 0 Å². The van der Waals surface area contributed by atoms with Crippen LogP contribution in [0.2, 0.25) is 0 Å². The summed E-state index contributed by atoms with van der Waals surface area (Å²) in [6.45, 7) is 2.06. The largest absolute Gasteiger partial charge is 0.341 e. The molecule has 21 heavy (non-hydrogen) atoms. The Balaban J connectivity index is 1.50. The second-order valence-corrected chi connectivity index (χ2v) is 6.90. The number of nitrogens with one attached hydrogen (secondary N) is 1. The number of piperidine rings is 1. The first-order valence-electron chi connectivity index (χ1n) is 8.32. The molecule has 3 aliphatic rings. The molecule has 3 heteroatoms. The molecule has 1 amide bonds. The van der Waals surface area contributed by atoms with Crippen LogP contribution in [0.25, 0.3) is 0 Å². The zero-order chi connectivity index (χ0) is 14.4. The van der Waals surface area contributed by atoms with Gasteiger partial charge in [0.25, 0.3) is 0 Å². The normalized spacial score (nSPS) is 33.8. The van der Waals surface area contributed by atoms with Gasteiger partial charge in [-0.2, -0.15) is 0 Å². The first-order valence-corrected chi connectivity index (χ1v) is 8.32. The lowest BCUT2D eigenvalue weighted by Gasteiger charge is -2.32. The molecule has 2 aliphatic carbocycles. The third-order valence-electron chi connectivity index (χ3n) is 5.78. The summed E-state index contributed by atoms with van der Waals surface area (Å²) in [5.74, 6) is 1.74. The van der Waals surface area contributed by atoms with Crippen LogP contribution in [-0.2, 0) is 11.2 Å². The Bertz CT molecular complexity index is 550. The number of aryl methyl sites for hydroxylation is 1. The lowest BCUT2D eigenvalue weighted by molar-refractivity contribution is -0.134. The van der Waals surface area contributed by atoms with E-state index >= 15 is 0 Å². The Morgan fingerprint density at radius 3 is 2.95 bits per heavy atom. The van der Waals surface area contributed by atoms with Crippen molar-refractivity contribution >= 4 is 5.91 Å².